The van der Waals surface area contributed by atoms with Crippen molar-refractivity contribution in [2.24, 2.45) is 5.92 Å². The van der Waals surface area contributed by atoms with Gasteiger partial charge in [0.1, 0.15) is 12.4 Å². The maximum Gasteiger partial charge on any atom is 0.435 e. The molecule has 2 aromatic heterocycles. The minimum atomic E-state index is -4.58. The Hall–Kier alpha value is -3.69. The minimum Gasteiger partial charge on any atom is -0.501 e. The molecule has 5 rings (SSSR count). The summed E-state index contributed by atoms with van der Waals surface area (Å²) in [5.41, 5.74) is 4.15. The van der Waals surface area contributed by atoms with Gasteiger partial charge in [-0.2, -0.15) is 18.3 Å². The number of alkyl halides is 3. The number of allylic oxidation sites excluding steroid dienone is 7. The van der Waals surface area contributed by atoms with E-state index in [2.05, 4.69) is 22.3 Å². The van der Waals surface area contributed by atoms with Crippen LogP contribution in [-0.2, 0) is 35.1 Å². The molecule has 218 valence electrons. The topological polar surface area (TPSA) is 69.0 Å². The summed E-state index contributed by atoms with van der Waals surface area (Å²) >= 11 is 0. The average Bonchev–Trinajstić information content (AvgIpc) is 3.51. The maximum absolute atomic E-state index is 13.9. The lowest BCUT2D eigenvalue weighted by molar-refractivity contribution is -0.142. The summed E-state index contributed by atoms with van der Waals surface area (Å²) in [7, 11) is 1.65. The SMILES string of the molecule is COC1=CC(C)=C(c2cccnc2C(CC2=CC(F)=CC2)NC(=O)Cn2nc(C(F)(F)F)c3c2CCCC3)C(C)C1. The highest BCUT2D eigenvalue weighted by atomic mass is 19.4. The van der Waals surface area contributed by atoms with Crippen LogP contribution in [0.5, 0.6) is 0 Å². The van der Waals surface area contributed by atoms with Crippen LogP contribution in [0.15, 0.2) is 59.3 Å². The van der Waals surface area contributed by atoms with E-state index in [0.29, 0.717) is 49.9 Å². The average molecular weight is 571 g/mol. The molecule has 3 aliphatic rings. The van der Waals surface area contributed by atoms with Crippen LogP contribution in [0.4, 0.5) is 17.6 Å². The highest BCUT2D eigenvalue weighted by molar-refractivity contribution is 5.78. The molecule has 0 spiro atoms. The van der Waals surface area contributed by atoms with Crippen LogP contribution in [0.1, 0.15) is 80.2 Å². The number of fused-ring (bicyclic) bond motifs is 1. The fourth-order valence-corrected chi connectivity index (χ4v) is 6.28. The third kappa shape index (κ3) is 6.16. The summed E-state index contributed by atoms with van der Waals surface area (Å²) < 4.78 is 61.7. The zero-order chi connectivity index (χ0) is 29.3. The minimum absolute atomic E-state index is 0.121. The van der Waals surface area contributed by atoms with Gasteiger partial charge < -0.3 is 10.1 Å². The van der Waals surface area contributed by atoms with Crippen molar-refractivity contribution in [3.05, 3.63) is 87.5 Å². The first-order chi connectivity index (χ1) is 19.5. The van der Waals surface area contributed by atoms with Crippen molar-refractivity contribution in [3.63, 3.8) is 0 Å². The maximum atomic E-state index is 13.9. The summed E-state index contributed by atoms with van der Waals surface area (Å²) in [5.74, 6) is 0.195. The molecule has 0 bridgehead atoms. The number of rotatable bonds is 8. The second-order valence-corrected chi connectivity index (χ2v) is 11.0. The Kier molecular flexibility index (Phi) is 8.20. The van der Waals surface area contributed by atoms with E-state index in [9.17, 15) is 22.4 Å². The first kappa shape index (κ1) is 28.8. The van der Waals surface area contributed by atoms with Gasteiger partial charge in [-0.25, -0.2) is 4.39 Å². The number of nitrogens with one attached hydrogen (secondary N) is 1. The molecular formula is C31H34F4N4O2. The van der Waals surface area contributed by atoms with Gasteiger partial charge in [-0.15, -0.1) is 0 Å². The predicted molar refractivity (Wildman–Crippen MR) is 147 cm³/mol. The molecule has 0 fully saturated rings. The smallest absolute Gasteiger partial charge is 0.435 e. The van der Waals surface area contributed by atoms with Gasteiger partial charge in [-0.3, -0.25) is 14.5 Å². The first-order valence-corrected chi connectivity index (χ1v) is 14.0. The van der Waals surface area contributed by atoms with Gasteiger partial charge >= 0.3 is 6.18 Å². The van der Waals surface area contributed by atoms with Crippen LogP contribution < -0.4 is 5.32 Å². The second kappa shape index (κ2) is 11.7. The van der Waals surface area contributed by atoms with E-state index < -0.39 is 23.8 Å². The Morgan fingerprint density at radius 2 is 2.02 bits per heavy atom. The Bertz CT molecular complexity index is 1460. The molecule has 2 aromatic rings. The summed E-state index contributed by atoms with van der Waals surface area (Å²) in [5, 5.41) is 6.86. The van der Waals surface area contributed by atoms with E-state index in [0.717, 1.165) is 34.5 Å². The van der Waals surface area contributed by atoms with Gasteiger partial charge in [0.2, 0.25) is 5.91 Å². The molecule has 1 amide bonds. The number of aromatic nitrogens is 3. The molecule has 41 heavy (non-hydrogen) atoms. The van der Waals surface area contributed by atoms with Gasteiger partial charge in [0.25, 0.3) is 0 Å². The number of carbonyl (C=O) groups is 1. The Labute approximate surface area is 236 Å². The summed E-state index contributed by atoms with van der Waals surface area (Å²) in [4.78, 5) is 18.1. The van der Waals surface area contributed by atoms with Crippen molar-refractivity contribution in [1.82, 2.24) is 20.1 Å². The zero-order valence-electron chi connectivity index (χ0n) is 23.4. The molecule has 0 aromatic carbocycles. The zero-order valence-corrected chi connectivity index (χ0v) is 23.4. The highest BCUT2D eigenvalue weighted by Crippen LogP contribution is 2.40. The molecular weight excluding hydrogens is 536 g/mol. The molecule has 10 heteroatoms. The highest BCUT2D eigenvalue weighted by Gasteiger charge is 2.40. The van der Waals surface area contributed by atoms with Crippen molar-refractivity contribution in [1.29, 1.82) is 0 Å². The van der Waals surface area contributed by atoms with Crippen LogP contribution in [0.3, 0.4) is 0 Å². The number of hydrogen-bond donors (Lipinski definition) is 1. The summed E-state index contributed by atoms with van der Waals surface area (Å²) in [6.45, 7) is 3.76. The largest absolute Gasteiger partial charge is 0.501 e. The van der Waals surface area contributed by atoms with Crippen LogP contribution in [-0.4, -0.2) is 27.8 Å². The van der Waals surface area contributed by atoms with Crippen LogP contribution in [0, 0.1) is 5.92 Å². The molecule has 3 aliphatic carbocycles. The van der Waals surface area contributed by atoms with Crippen molar-refractivity contribution in [3.8, 4) is 0 Å². The lowest BCUT2D eigenvalue weighted by Gasteiger charge is -2.28. The number of hydrogen-bond acceptors (Lipinski definition) is 4. The van der Waals surface area contributed by atoms with E-state index in [1.807, 2.05) is 25.1 Å². The van der Waals surface area contributed by atoms with Crippen molar-refractivity contribution in [2.45, 2.75) is 77.6 Å². The normalized spacial score (nSPS) is 19.8. The molecule has 0 saturated heterocycles. The number of carbonyl (C=O) groups excluding carboxylic acids is 1. The van der Waals surface area contributed by atoms with Crippen molar-refractivity contribution >= 4 is 11.5 Å². The number of methoxy groups -OCH3 is 1. The van der Waals surface area contributed by atoms with Gasteiger partial charge in [0.15, 0.2) is 5.69 Å². The van der Waals surface area contributed by atoms with Crippen molar-refractivity contribution in [2.75, 3.05) is 7.11 Å². The van der Waals surface area contributed by atoms with E-state index in [4.69, 9.17) is 4.74 Å². The molecule has 2 heterocycles. The standard InChI is InChI=1S/C31H34F4N4O2/c1-18-13-22(41-3)14-19(2)28(18)24-8-6-12-36-29(24)25(16-20-10-11-21(32)15-20)37-27(40)17-39-26-9-5-4-7-23(26)30(38-39)31(33,34)35/h6,8,11-13,15,19,25H,4-5,7,9-10,14,16-17H2,1-3H3,(H,37,40). The number of halogens is 4. The lowest BCUT2D eigenvalue weighted by atomic mass is 9.81. The summed E-state index contributed by atoms with van der Waals surface area (Å²) in [6.07, 6.45) is 5.59. The van der Waals surface area contributed by atoms with E-state index >= 15 is 0 Å². The number of amides is 1. The molecule has 1 N–H and O–H groups in total. The monoisotopic (exact) mass is 570 g/mol. The van der Waals surface area contributed by atoms with Crippen LogP contribution in [0.2, 0.25) is 0 Å². The fourth-order valence-electron chi connectivity index (χ4n) is 6.28. The summed E-state index contributed by atoms with van der Waals surface area (Å²) in [6, 6.07) is 3.17. The first-order valence-electron chi connectivity index (χ1n) is 14.0. The van der Waals surface area contributed by atoms with Gasteiger partial charge in [-0.1, -0.05) is 18.6 Å². The third-order valence-corrected chi connectivity index (χ3v) is 8.04. The molecule has 0 aliphatic heterocycles. The lowest BCUT2D eigenvalue weighted by Crippen LogP contribution is -2.34. The van der Waals surface area contributed by atoms with Crippen molar-refractivity contribution < 1.29 is 27.1 Å². The number of nitrogens with zero attached hydrogens (tertiary/aromatic N) is 3. The predicted octanol–water partition coefficient (Wildman–Crippen LogP) is 6.95. The van der Waals surface area contributed by atoms with Gasteiger partial charge in [0.05, 0.1) is 24.6 Å². The molecule has 2 unspecified atom stereocenters. The number of pyridine rings is 1. The van der Waals surface area contributed by atoms with E-state index in [1.165, 1.54) is 16.8 Å². The third-order valence-electron chi connectivity index (χ3n) is 8.04. The van der Waals surface area contributed by atoms with E-state index in [1.54, 1.807) is 13.3 Å². The Balaban J connectivity index is 1.48. The van der Waals surface area contributed by atoms with Gasteiger partial charge in [-0.05, 0) is 86.8 Å². The van der Waals surface area contributed by atoms with E-state index in [-0.39, 0.29) is 23.9 Å². The molecule has 2 atom stereocenters. The number of ether oxygens (including phenoxy) is 1. The van der Waals surface area contributed by atoms with Gasteiger partial charge in [0, 0.05) is 29.4 Å². The molecule has 0 saturated carbocycles. The second-order valence-electron chi connectivity index (χ2n) is 11.0. The Morgan fingerprint density at radius 3 is 2.71 bits per heavy atom. The fraction of sp³-hybridized carbons (Fsp3) is 0.452. The molecule has 0 radical (unpaired) electrons. The van der Waals surface area contributed by atoms with Crippen LogP contribution >= 0.6 is 0 Å². The molecule has 6 nitrogen and oxygen atoms in total. The quantitative estimate of drug-likeness (QED) is 0.349. The van der Waals surface area contributed by atoms with Crippen LogP contribution in [0.25, 0.3) is 5.57 Å². The Morgan fingerprint density at radius 1 is 1.24 bits per heavy atom.